The third-order valence-electron chi connectivity index (χ3n) is 4.36. The first-order valence-corrected chi connectivity index (χ1v) is 8.96. The highest BCUT2D eigenvalue weighted by Crippen LogP contribution is 2.46. The topological polar surface area (TPSA) is 23.8 Å². The van der Waals surface area contributed by atoms with E-state index in [4.69, 9.17) is 23.2 Å². The first-order chi connectivity index (χ1) is 9.81. The van der Waals surface area contributed by atoms with Crippen LogP contribution in [-0.2, 0) is 0 Å². The summed E-state index contributed by atoms with van der Waals surface area (Å²) in [5.41, 5.74) is 0.302. The van der Waals surface area contributed by atoms with Gasteiger partial charge in [-0.3, -0.25) is 0 Å². The molecule has 1 saturated carbocycles. The molecule has 0 amide bonds. The minimum Gasteiger partial charge on any atom is -0.198 e. The highest BCUT2D eigenvalue weighted by molar-refractivity contribution is 8.00. The number of benzene rings is 1. The van der Waals surface area contributed by atoms with Crippen molar-refractivity contribution in [3.8, 4) is 6.07 Å². The van der Waals surface area contributed by atoms with E-state index in [1.165, 1.54) is 0 Å². The molecule has 1 nitrogen and oxygen atoms in total. The van der Waals surface area contributed by atoms with Crippen molar-refractivity contribution in [1.82, 2.24) is 0 Å². The quantitative estimate of drug-likeness (QED) is 0.617. The summed E-state index contributed by atoms with van der Waals surface area (Å²) in [6.07, 6.45) is 3.24. The Morgan fingerprint density at radius 2 is 1.90 bits per heavy atom. The fourth-order valence-electron chi connectivity index (χ4n) is 2.92. The Labute approximate surface area is 142 Å². The first-order valence-electron chi connectivity index (χ1n) is 7.32. The molecule has 1 aliphatic carbocycles. The van der Waals surface area contributed by atoms with Crippen molar-refractivity contribution < 1.29 is 0 Å². The number of nitrogens with zero attached hydrogens (tertiary/aromatic N) is 1. The minimum absolute atomic E-state index is 0.128. The largest absolute Gasteiger partial charge is 0.198 e. The van der Waals surface area contributed by atoms with Crippen LogP contribution in [0.3, 0.4) is 0 Å². The third kappa shape index (κ3) is 4.31. The second kappa shape index (κ2) is 6.82. The lowest BCUT2D eigenvalue weighted by Gasteiger charge is -2.39. The van der Waals surface area contributed by atoms with Crippen LogP contribution in [0.2, 0.25) is 10.0 Å². The van der Waals surface area contributed by atoms with Gasteiger partial charge in [-0.2, -0.15) is 5.26 Å². The van der Waals surface area contributed by atoms with Gasteiger partial charge in [0.2, 0.25) is 0 Å². The molecule has 3 unspecified atom stereocenters. The smallest absolute Gasteiger partial charge is 0.0667 e. The summed E-state index contributed by atoms with van der Waals surface area (Å²) in [4.78, 5) is 1.10. The van der Waals surface area contributed by atoms with Crippen molar-refractivity contribution in [2.75, 3.05) is 0 Å². The Morgan fingerprint density at radius 3 is 2.48 bits per heavy atom. The van der Waals surface area contributed by atoms with Gasteiger partial charge < -0.3 is 0 Å². The van der Waals surface area contributed by atoms with E-state index in [2.05, 4.69) is 26.8 Å². The van der Waals surface area contributed by atoms with E-state index >= 15 is 0 Å². The summed E-state index contributed by atoms with van der Waals surface area (Å²) in [5, 5.41) is 10.9. The van der Waals surface area contributed by atoms with Gasteiger partial charge in [0.05, 0.1) is 22.0 Å². The second-order valence-corrected chi connectivity index (χ2v) is 8.97. The van der Waals surface area contributed by atoms with Crippen LogP contribution < -0.4 is 0 Å². The maximum atomic E-state index is 9.42. The number of hydrogen-bond donors (Lipinski definition) is 0. The van der Waals surface area contributed by atoms with E-state index < -0.39 is 0 Å². The minimum atomic E-state index is 0.128. The van der Waals surface area contributed by atoms with Gasteiger partial charge >= 0.3 is 0 Å². The maximum absolute atomic E-state index is 9.42. The van der Waals surface area contributed by atoms with Gasteiger partial charge in [0.1, 0.15) is 0 Å². The lowest BCUT2D eigenvalue weighted by molar-refractivity contribution is 0.169. The maximum Gasteiger partial charge on any atom is 0.0667 e. The first kappa shape index (κ1) is 17.0. The van der Waals surface area contributed by atoms with Crippen molar-refractivity contribution in [2.45, 2.75) is 50.2 Å². The van der Waals surface area contributed by atoms with Crippen LogP contribution in [0.4, 0.5) is 0 Å². The molecular weight excluding hydrogens is 321 g/mol. The number of hydrogen-bond acceptors (Lipinski definition) is 2. The van der Waals surface area contributed by atoms with E-state index in [1.807, 2.05) is 18.2 Å². The van der Waals surface area contributed by atoms with Crippen LogP contribution in [0, 0.1) is 28.6 Å². The molecule has 0 aliphatic heterocycles. The molecule has 0 heterocycles. The number of rotatable bonds is 2. The molecule has 2 rings (SSSR count). The van der Waals surface area contributed by atoms with E-state index in [1.54, 1.807) is 11.8 Å². The lowest BCUT2D eigenvalue weighted by atomic mass is 9.70. The Bertz CT molecular complexity index is 545. The van der Waals surface area contributed by atoms with Gasteiger partial charge in [0.25, 0.3) is 0 Å². The van der Waals surface area contributed by atoms with Crippen molar-refractivity contribution in [2.24, 2.45) is 17.3 Å². The third-order valence-corrected chi connectivity index (χ3v) is 6.45. The van der Waals surface area contributed by atoms with E-state index in [0.29, 0.717) is 26.6 Å². The molecule has 0 bridgehead atoms. The Hall–Kier alpha value is -0.360. The van der Waals surface area contributed by atoms with Crippen LogP contribution in [0.5, 0.6) is 0 Å². The van der Waals surface area contributed by atoms with Crippen molar-refractivity contribution >= 4 is 35.0 Å². The van der Waals surface area contributed by atoms with Gasteiger partial charge in [-0.1, -0.05) is 44.0 Å². The van der Waals surface area contributed by atoms with Crippen LogP contribution in [0.15, 0.2) is 23.1 Å². The second-order valence-electron chi connectivity index (χ2n) is 6.84. The average Bonchev–Trinajstić information content (AvgIpc) is 2.42. The fourth-order valence-corrected chi connectivity index (χ4v) is 4.65. The summed E-state index contributed by atoms with van der Waals surface area (Å²) in [6.45, 7) is 6.89. The van der Waals surface area contributed by atoms with Crippen LogP contribution in [0.25, 0.3) is 0 Å². The monoisotopic (exact) mass is 341 g/mol. The summed E-state index contributed by atoms with van der Waals surface area (Å²) in [7, 11) is 0. The Balaban J connectivity index is 2.14. The highest BCUT2D eigenvalue weighted by atomic mass is 35.5. The standard InChI is InChI=1S/C17H21Cl2NS/c1-17(2,3)12-5-4-11(10-20)16(8-12)21-13-6-7-14(18)15(19)9-13/h6-7,9,11-12,16H,4-5,8H2,1-3H3. The Kier molecular flexibility index (Phi) is 5.52. The average molecular weight is 342 g/mol. The zero-order valence-electron chi connectivity index (χ0n) is 12.7. The molecule has 3 atom stereocenters. The van der Waals surface area contributed by atoms with Crippen molar-refractivity contribution in [3.63, 3.8) is 0 Å². The molecule has 1 aromatic rings. The molecule has 1 fully saturated rings. The number of nitriles is 1. The molecular formula is C17H21Cl2NS. The molecule has 21 heavy (non-hydrogen) atoms. The Morgan fingerprint density at radius 1 is 1.19 bits per heavy atom. The highest BCUT2D eigenvalue weighted by Gasteiger charge is 2.36. The SMILES string of the molecule is CC(C)(C)C1CCC(C#N)C(Sc2ccc(Cl)c(Cl)c2)C1. The fraction of sp³-hybridized carbons (Fsp3) is 0.588. The molecule has 114 valence electrons. The molecule has 1 aliphatic rings. The van der Waals surface area contributed by atoms with Gasteiger partial charge in [-0.25, -0.2) is 0 Å². The van der Waals surface area contributed by atoms with Crippen molar-refractivity contribution in [1.29, 1.82) is 5.26 Å². The summed E-state index contributed by atoms with van der Waals surface area (Å²) < 4.78 is 0. The molecule has 4 heteroatoms. The zero-order valence-corrected chi connectivity index (χ0v) is 15.0. The van der Waals surface area contributed by atoms with Crippen molar-refractivity contribution in [3.05, 3.63) is 28.2 Å². The molecule has 0 spiro atoms. The van der Waals surface area contributed by atoms with E-state index in [9.17, 15) is 5.26 Å². The normalized spacial score (nSPS) is 26.4. The summed E-state index contributed by atoms with van der Waals surface area (Å²) >= 11 is 13.8. The van der Waals surface area contributed by atoms with Gasteiger partial charge in [0.15, 0.2) is 0 Å². The molecule has 0 aromatic heterocycles. The summed E-state index contributed by atoms with van der Waals surface area (Å²) in [6, 6.07) is 8.22. The van der Waals surface area contributed by atoms with E-state index in [0.717, 1.165) is 24.2 Å². The number of thioether (sulfide) groups is 1. The lowest BCUT2D eigenvalue weighted by Crippen LogP contribution is -2.32. The predicted octanol–water partition coefficient (Wildman–Crippen LogP) is 6.44. The molecule has 1 aromatic carbocycles. The van der Waals surface area contributed by atoms with Crippen LogP contribution in [-0.4, -0.2) is 5.25 Å². The van der Waals surface area contributed by atoms with Gasteiger partial charge in [-0.05, 0) is 48.8 Å². The van der Waals surface area contributed by atoms with Gasteiger partial charge in [0, 0.05) is 10.1 Å². The van der Waals surface area contributed by atoms with Gasteiger partial charge in [-0.15, -0.1) is 11.8 Å². The molecule has 0 saturated heterocycles. The predicted molar refractivity (Wildman–Crippen MR) is 92.0 cm³/mol. The number of halogens is 2. The van der Waals surface area contributed by atoms with Crippen LogP contribution >= 0.6 is 35.0 Å². The molecule has 0 radical (unpaired) electrons. The molecule has 0 N–H and O–H groups in total. The van der Waals surface area contributed by atoms with Crippen LogP contribution in [0.1, 0.15) is 40.0 Å². The zero-order chi connectivity index (χ0) is 15.6. The summed E-state index contributed by atoms with van der Waals surface area (Å²) in [5.74, 6) is 0.797. The van der Waals surface area contributed by atoms with E-state index in [-0.39, 0.29) is 5.92 Å².